The highest BCUT2D eigenvalue weighted by atomic mass is 32.1. The van der Waals surface area contributed by atoms with Gasteiger partial charge in [-0.15, -0.1) is 0 Å². The molecule has 1 aromatic rings. The molecule has 1 saturated heterocycles. The fraction of sp³-hybridized carbons (Fsp3) is 0.350. The number of carbonyl (C=O) groups excluding carboxylic acids is 1. The van der Waals surface area contributed by atoms with Gasteiger partial charge in [-0.1, -0.05) is 0 Å². The van der Waals surface area contributed by atoms with Gasteiger partial charge in [0.1, 0.15) is 16.7 Å². The third-order valence-corrected chi connectivity index (χ3v) is 5.75. The Morgan fingerprint density at radius 2 is 1.76 bits per heavy atom. The molecule has 29 heavy (non-hydrogen) atoms. The monoisotopic (exact) mass is 421 g/mol. The molecular weight excluding hydrogens is 403 g/mol. The zero-order valence-electron chi connectivity index (χ0n) is 15.9. The Morgan fingerprint density at radius 3 is 2.28 bits per heavy atom. The maximum Gasteiger partial charge on any atom is 0.399 e. The van der Waals surface area contributed by atoms with Gasteiger partial charge in [-0.05, 0) is 69.4 Å². The number of allylic oxidation sites excluding steroid dienone is 4. The van der Waals surface area contributed by atoms with Crippen molar-refractivity contribution in [2.24, 2.45) is 5.41 Å². The van der Waals surface area contributed by atoms with E-state index in [1.54, 1.807) is 36.9 Å². The summed E-state index contributed by atoms with van der Waals surface area (Å²) in [6.45, 7) is 4.19. The minimum atomic E-state index is -4.68. The fourth-order valence-electron chi connectivity index (χ4n) is 3.53. The van der Waals surface area contributed by atoms with Crippen molar-refractivity contribution in [1.29, 1.82) is 5.26 Å². The molecule has 1 fully saturated rings. The SMILES string of the molecule is CC1(C)C(=O)N(C2=CC=C(C#N)C(C)(C(F)(F)F)C2)C(=S)N1c1ccc(O)cc1. The molecule has 5 nitrogen and oxygen atoms in total. The highest BCUT2D eigenvalue weighted by Gasteiger charge is 2.58. The second-order valence-electron chi connectivity index (χ2n) is 7.69. The van der Waals surface area contributed by atoms with Crippen molar-refractivity contribution >= 4 is 28.9 Å². The quantitative estimate of drug-likeness (QED) is 0.717. The van der Waals surface area contributed by atoms with Crippen LogP contribution in [0.2, 0.25) is 0 Å². The Bertz CT molecular complexity index is 990. The third-order valence-electron chi connectivity index (χ3n) is 5.38. The number of carbonyl (C=O) groups is 1. The highest BCUT2D eigenvalue weighted by Crippen LogP contribution is 2.51. The van der Waals surface area contributed by atoms with Crippen molar-refractivity contribution < 1.29 is 23.1 Å². The molecule has 1 N–H and O–H groups in total. The molecule has 1 amide bonds. The highest BCUT2D eigenvalue weighted by molar-refractivity contribution is 7.80. The van der Waals surface area contributed by atoms with Gasteiger partial charge in [0.15, 0.2) is 5.11 Å². The lowest BCUT2D eigenvalue weighted by atomic mass is 9.74. The van der Waals surface area contributed by atoms with E-state index in [1.807, 2.05) is 0 Å². The summed E-state index contributed by atoms with van der Waals surface area (Å²) < 4.78 is 41.3. The molecule has 152 valence electrons. The average Bonchev–Trinajstić information content (AvgIpc) is 2.80. The number of hydrogen-bond donors (Lipinski definition) is 1. The van der Waals surface area contributed by atoms with E-state index in [1.165, 1.54) is 18.2 Å². The second kappa shape index (κ2) is 6.59. The van der Waals surface area contributed by atoms with Crippen LogP contribution in [-0.2, 0) is 4.79 Å². The first-order valence-electron chi connectivity index (χ1n) is 8.70. The maximum absolute atomic E-state index is 13.8. The van der Waals surface area contributed by atoms with E-state index in [2.05, 4.69) is 0 Å². The third kappa shape index (κ3) is 3.08. The number of thiocarbonyl (C=S) groups is 1. The molecule has 1 heterocycles. The van der Waals surface area contributed by atoms with Crippen LogP contribution in [0.25, 0.3) is 0 Å². The van der Waals surface area contributed by atoms with Crippen LogP contribution < -0.4 is 4.90 Å². The molecule has 9 heteroatoms. The Balaban J connectivity index is 2.06. The Hall–Kier alpha value is -2.86. The van der Waals surface area contributed by atoms with Crippen LogP contribution in [-0.4, -0.2) is 32.7 Å². The number of benzene rings is 1. The number of nitriles is 1. The number of rotatable bonds is 2. The molecule has 0 bridgehead atoms. The largest absolute Gasteiger partial charge is 0.508 e. The fourth-order valence-corrected chi connectivity index (χ4v) is 4.06. The van der Waals surface area contributed by atoms with Crippen molar-refractivity contribution in [3.8, 4) is 11.8 Å². The summed E-state index contributed by atoms with van der Waals surface area (Å²) in [7, 11) is 0. The summed E-state index contributed by atoms with van der Waals surface area (Å²) in [4.78, 5) is 15.8. The summed E-state index contributed by atoms with van der Waals surface area (Å²) in [6, 6.07) is 7.63. The van der Waals surface area contributed by atoms with Gasteiger partial charge in [-0.25, -0.2) is 0 Å². The molecule has 1 aliphatic heterocycles. The van der Waals surface area contributed by atoms with Gasteiger partial charge in [-0.2, -0.15) is 18.4 Å². The zero-order chi connectivity index (χ0) is 21.8. The number of hydrogen-bond acceptors (Lipinski definition) is 4. The molecule has 1 aromatic carbocycles. The number of phenols is 1. The Labute approximate surface area is 171 Å². The summed E-state index contributed by atoms with van der Waals surface area (Å²) in [5.41, 5.74) is -3.38. The number of nitrogens with zero attached hydrogens (tertiary/aromatic N) is 3. The normalized spacial score (nSPS) is 24.3. The minimum Gasteiger partial charge on any atom is -0.508 e. The standard InChI is InChI=1S/C20H18F3N3O2S/c1-18(2)16(28)25(17(29)26(18)13-6-8-15(27)9-7-13)14-5-4-12(11-24)19(3,10-14)20(21,22)23/h4-9,27H,10H2,1-3H3. The molecule has 3 rings (SSSR count). The summed E-state index contributed by atoms with van der Waals surface area (Å²) in [5, 5.41) is 18.7. The molecule has 1 aliphatic carbocycles. The van der Waals surface area contributed by atoms with Gasteiger partial charge >= 0.3 is 6.18 Å². The van der Waals surface area contributed by atoms with E-state index in [4.69, 9.17) is 17.5 Å². The van der Waals surface area contributed by atoms with E-state index >= 15 is 0 Å². The number of halogens is 3. The van der Waals surface area contributed by atoms with Crippen LogP contribution in [0, 0.1) is 16.7 Å². The van der Waals surface area contributed by atoms with Gasteiger partial charge in [-0.3, -0.25) is 9.69 Å². The van der Waals surface area contributed by atoms with Crippen molar-refractivity contribution in [3.05, 3.63) is 47.7 Å². The van der Waals surface area contributed by atoms with E-state index in [0.29, 0.717) is 5.69 Å². The van der Waals surface area contributed by atoms with E-state index in [-0.39, 0.29) is 16.6 Å². The average molecular weight is 421 g/mol. The van der Waals surface area contributed by atoms with Gasteiger partial charge in [0, 0.05) is 23.4 Å². The first kappa shape index (κ1) is 20.9. The van der Waals surface area contributed by atoms with Crippen molar-refractivity contribution in [1.82, 2.24) is 4.90 Å². The van der Waals surface area contributed by atoms with Gasteiger partial charge < -0.3 is 10.0 Å². The van der Waals surface area contributed by atoms with Crippen LogP contribution >= 0.6 is 12.2 Å². The topological polar surface area (TPSA) is 67.6 Å². The van der Waals surface area contributed by atoms with Gasteiger partial charge in [0.2, 0.25) is 0 Å². The molecule has 0 aromatic heterocycles. The van der Waals surface area contributed by atoms with Crippen LogP contribution in [0.3, 0.4) is 0 Å². The molecule has 1 atom stereocenters. The number of amides is 1. The second-order valence-corrected chi connectivity index (χ2v) is 8.06. The summed E-state index contributed by atoms with van der Waals surface area (Å²) in [5.74, 6) is -0.440. The zero-order valence-corrected chi connectivity index (χ0v) is 16.7. The minimum absolute atomic E-state index is 0.0324. The number of phenolic OH excluding ortho intramolecular Hbond substituents is 1. The molecular formula is C20H18F3N3O2S. The lowest BCUT2D eigenvalue weighted by molar-refractivity contribution is -0.203. The van der Waals surface area contributed by atoms with Gasteiger partial charge in [0.05, 0.1) is 6.07 Å². The summed E-state index contributed by atoms with van der Waals surface area (Å²) >= 11 is 5.47. The number of alkyl halides is 3. The lowest BCUT2D eigenvalue weighted by Crippen LogP contribution is -2.44. The number of anilines is 1. The lowest BCUT2D eigenvalue weighted by Gasteiger charge is -2.36. The van der Waals surface area contributed by atoms with Crippen LogP contribution in [0.4, 0.5) is 18.9 Å². The summed E-state index contributed by atoms with van der Waals surface area (Å²) in [6.07, 6.45) is -2.82. The molecule has 0 saturated carbocycles. The molecule has 1 unspecified atom stereocenters. The van der Waals surface area contributed by atoms with E-state index in [0.717, 1.165) is 17.9 Å². The molecule has 2 aliphatic rings. The van der Waals surface area contributed by atoms with Crippen LogP contribution in [0.1, 0.15) is 27.2 Å². The maximum atomic E-state index is 13.8. The number of aromatic hydroxyl groups is 1. The van der Waals surface area contributed by atoms with E-state index < -0.39 is 35.0 Å². The molecule has 0 spiro atoms. The van der Waals surface area contributed by atoms with Gasteiger partial charge in [0.25, 0.3) is 5.91 Å². The predicted molar refractivity (Wildman–Crippen MR) is 105 cm³/mol. The Morgan fingerprint density at radius 1 is 1.17 bits per heavy atom. The Kier molecular flexibility index (Phi) is 4.74. The predicted octanol–water partition coefficient (Wildman–Crippen LogP) is 4.41. The van der Waals surface area contributed by atoms with Crippen LogP contribution in [0.15, 0.2) is 47.7 Å². The van der Waals surface area contributed by atoms with Crippen LogP contribution in [0.5, 0.6) is 5.75 Å². The van der Waals surface area contributed by atoms with Crippen molar-refractivity contribution in [2.45, 2.75) is 38.9 Å². The first-order chi connectivity index (χ1) is 13.3. The van der Waals surface area contributed by atoms with Crippen molar-refractivity contribution in [3.63, 3.8) is 0 Å². The first-order valence-corrected chi connectivity index (χ1v) is 9.11. The van der Waals surface area contributed by atoms with E-state index in [9.17, 15) is 23.1 Å². The smallest absolute Gasteiger partial charge is 0.399 e. The van der Waals surface area contributed by atoms with Crippen molar-refractivity contribution in [2.75, 3.05) is 4.90 Å². The molecule has 0 radical (unpaired) electrons.